The second kappa shape index (κ2) is 8.31. The lowest BCUT2D eigenvalue weighted by Gasteiger charge is -2.21. The van der Waals surface area contributed by atoms with E-state index in [2.05, 4.69) is 0 Å². The van der Waals surface area contributed by atoms with E-state index in [-0.39, 0.29) is 5.91 Å². The van der Waals surface area contributed by atoms with E-state index in [0.29, 0.717) is 5.02 Å². The number of anilines is 1. The monoisotopic (exact) mass is 343 g/mol. The van der Waals surface area contributed by atoms with Crippen LogP contribution >= 0.6 is 11.6 Å². The standard InChI is InChI=1S/C19H18ClNO3/c1-14(19(23)21(2)17-9-4-3-5-10-17)24-18(22)12-11-15-7-6-8-16(20)13-15/h3-14H,1-2H3/b12-11+/t14-/m1/s1. The number of esters is 1. The van der Waals surface area contributed by atoms with Crippen LogP contribution in [0.3, 0.4) is 0 Å². The van der Waals surface area contributed by atoms with Crippen molar-refractivity contribution in [3.05, 3.63) is 71.3 Å². The summed E-state index contributed by atoms with van der Waals surface area (Å²) < 4.78 is 5.16. The fraction of sp³-hybridized carbons (Fsp3) is 0.158. The minimum atomic E-state index is -0.883. The summed E-state index contributed by atoms with van der Waals surface area (Å²) in [7, 11) is 1.64. The number of benzene rings is 2. The fourth-order valence-electron chi connectivity index (χ4n) is 2.09. The van der Waals surface area contributed by atoms with Gasteiger partial charge in [0.15, 0.2) is 6.10 Å². The molecule has 2 aromatic rings. The quantitative estimate of drug-likeness (QED) is 0.610. The number of carbonyl (C=O) groups is 2. The first-order chi connectivity index (χ1) is 11.5. The van der Waals surface area contributed by atoms with Gasteiger partial charge in [0.25, 0.3) is 5.91 Å². The molecule has 0 aliphatic carbocycles. The van der Waals surface area contributed by atoms with E-state index in [1.54, 1.807) is 38.2 Å². The lowest BCUT2D eigenvalue weighted by Crippen LogP contribution is -2.37. The highest BCUT2D eigenvalue weighted by atomic mass is 35.5. The summed E-state index contributed by atoms with van der Waals surface area (Å²) in [6.45, 7) is 1.55. The third-order valence-corrected chi connectivity index (χ3v) is 3.61. The number of hydrogen-bond donors (Lipinski definition) is 0. The Hall–Kier alpha value is -2.59. The second-order valence-electron chi connectivity index (χ2n) is 5.20. The zero-order chi connectivity index (χ0) is 17.5. The highest BCUT2D eigenvalue weighted by Gasteiger charge is 2.21. The van der Waals surface area contributed by atoms with E-state index in [4.69, 9.17) is 16.3 Å². The van der Waals surface area contributed by atoms with Gasteiger partial charge in [-0.25, -0.2) is 4.79 Å². The van der Waals surface area contributed by atoms with Crippen LogP contribution in [0.5, 0.6) is 0 Å². The normalized spacial score (nSPS) is 12.0. The zero-order valence-electron chi connectivity index (χ0n) is 13.5. The third-order valence-electron chi connectivity index (χ3n) is 3.38. The largest absolute Gasteiger partial charge is 0.449 e. The van der Waals surface area contributed by atoms with Gasteiger partial charge in [-0.2, -0.15) is 0 Å². The Balaban J connectivity index is 1.94. The first-order valence-electron chi connectivity index (χ1n) is 7.44. The van der Waals surface area contributed by atoms with E-state index in [9.17, 15) is 9.59 Å². The molecule has 2 aromatic carbocycles. The Kier molecular flexibility index (Phi) is 6.15. The molecule has 0 unspecified atom stereocenters. The molecule has 24 heavy (non-hydrogen) atoms. The third kappa shape index (κ3) is 4.96. The van der Waals surface area contributed by atoms with E-state index in [0.717, 1.165) is 11.3 Å². The molecule has 0 bridgehead atoms. The topological polar surface area (TPSA) is 46.6 Å². The van der Waals surface area contributed by atoms with Gasteiger partial charge < -0.3 is 9.64 Å². The summed E-state index contributed by atoms with van der Waals surface area (Å²) in [5.41, 5.74) is 1.51. The van der Waals surface area contributed by atoms with Crippen LogP contribution < -0.4 is 4.90 Å². The molecule has 0 aromatic heterocycles. The minimum absolute atomic E-state index is 0.300. The van der Waals surface area contributed by atoms with Crippen LogP contribution in [0.2, 0.25) is 5.02 Å². The molecule has 0 aliphatic rings. The summed E-state index contributed by atoms with van der Waals surface area (Å²) in [5.74, 6) is -0.886. The number of likely N-dealkylation sites (N-methyl/N-ethyl adjacent to an activating group) is 1. The van der Waals surface area contributed by atoms with Crippen molar-refractivity contribution in [3.63, 3.8) is 0 Å². The predicted octanol–water partition coefficient (Wildman–Crippen LogP) is 3.95. The van der Waals surface area contributed by atoms with Gasteiger partial charge in [0.2, 0.25) is 0 Å². The van der Waals surface area contributed by atoms with Crippen molar-refractivity contribution >= 4 is 35.2 Å². The highest BCUT2D eigenvalue weighted by molar-refractivity contribution is 6.30. The van der Waals surface area contributed by atoms with Gasteiger partial charge in [-0.3, -0.25) is 4.79 Å². The van der Waals surface area contributed by atoms with E-state index in [1.807, 2.05) is 36.4 Å². The molecule has 4 nitrogen and oxygen atoms in total. The van der Waals surface area contributed by atoms with Crippen molar-refractivity contribution < 1.29 is 14.3 Å². The van der Waals surface area contributed by atoms with Crippen molar-refractivity contribution in [2.75, 3.05) is 11.9 Å². The maximum atomic E-state index is 12.3. The maximum absolute atomic E-state index is 12.3. The van der Waals surface area contributed by atoms with Crippen molar-refractivity contribution in [2.24, 2.45) is 0 Å². The van der Waals surface area contributed by atoms with Gasteiger partial charge in [0, 0.05) is 23.8 Å². The Morgan fingerprint density at radius 3 is 2.50 bits per heavy atom. The lowest BCUT2D eigenvalue weighted by molar-refractivity contribution is -0.148. The van der Waals surface area contributed by atoms with Crippen LogP contribution in [0.15, 0.2) is 60.7 Å². The van der Waals surface area contributed by atoms with Crippen LogP contribution in [0.25, 0.3) is 6.08 Å². The number of rotatable bonds is 5. The first-order valence-corrected chi connectivity index (χ1v) is 7.82. The Labute approximate surface area is 146 Å². The molecule has 0 radical (unpaired) electrons. The average molecular weight is 344 g/mol. The van der Waals surface area contributed by atoms with Crippen molar-refractivity contribution in [2.45, 2.75) is 13.0 Å². The number of hydrogen-bond acceptors (Lipinski definition) is 3. The van der Waals surface area contributed by atoms with Crippen LogP contribution in [0, 0.1) is 0 Å². The van der Waals surface area contributed by atoms with Crippen molar-refractivity contribution in [1.29, 1.82) is 0 Å². The molecule has 0 saturated heterocycles. The molecule has 0 spiro atoms. The summed E-state index contributed by atoms with van der Waals surface area (Å²) in [6.07, 6.45) is 1.98. The van der Waals surface area contributed by atoms with Gasteiger partial charge in [0.05, 0.1) is 0 Å². The van der Waals surface area contributed by atoms with Gasteiger partial charge in [0.1, 0.15) is 0 Å². The van der Waals surface area contributed by atoms with Crippen molar-refractivity contribution in [1.82, 2.24) is 0 Å². The number of ether oxygens (including phenoxy) is 1. The highest BCUT2D eigenvalue weighted by Crippen LogP contribution is 2.14. The molecule has 0 aliphatic heterocycles. The van der Waals surface area contributed by atoms with Gasteiger partial charge in [-0.05, 0) is 42.8 Å². The number of para-hydroxylation sites is 1. The van der Waals surface area contributed by atoms with Crippen molar-refractivity contribution in [3.8, 4) is 0 Å². The number of amides is 1. The molecule has 1 amide bonds. The Morgan fingerprint density at radius 2 is 1.83 bits per heavy atom. The fourth-order valence-corrected chi connectivity index (χ4v) is 2.29. The lowest BCUT2D eigenvalue weighted by atomic mass is 10.2. The molecule has 1 atom stereocenters. The second-order valence-corrected chi connectivity index (χ2v) is 5.64. The van der Waals surface area contributed by atoms with Crippen LogP contribution in [0.1, 0.15) is 12.5 Å². The van der Waals surface area contributed by atoms with E-state index < -0.39 is 12.1 Å². The summed E-state index contributed by atoms with van der Waals surface area (Å²) in [6, 6.07) is 16.2. The molecule has 2 rings (SSSR count). The molecule has 5 heteroatoms. The summed E-state index contributed by atoms with van der Waals surface area (Å²) in [5, 5.41) is 0.582. The molecule has 0 saturated carbocycles. The predicted molar refractivity (Wildman–Crippen MR) is 95.9 cm³/mol. The molecular formula is C19H18ClNO3. The SMILES string of the molecule is C[C@@H](OC(=O)/C=C/c1cccc(Cl)c1)C(=O)N(C)c1ccccc1. The maximum Gasteiger partial charge on any atom is 0.331 e. The first kappa shape index (κ1) is 17.8. The minimum Gasteiger partial charge on any atom is -0.449 e. The molecular weight excluding hydrogens is 326 g/mol. The number of carbonyl (C=O) groups excluding carboxylic acids is 2. The number of nitrogens with zero attached hydrogens (tertiary/aromatic N) is 1. The molecule has 0 N–H and O–H groups in total. The number of halogens is 1. The summed E-state index contributed by atoms with van der Waals surface area (Å²) >= 11 is 5.88. The van der Waals surface area contributed by atoms with Crippen LogP contribution in [-0.4, -0.2) is 25.0 Å². The van der Waals surface area contributed by atoms with E-state index >= 15 is 0 Å². The van der Waals surface area contributed by atoms with Crippen LogP contribution in [0.4, 0.5) is 5.69 Å². The van der Waals surface area contributed by atoms with Gasteiger partial charge in [-0.15, -0.1) is 0 Å². The molecule has 124 valence electrons. The summed E-state index contributed by atoms with van der Waals surface area (Å²) in [4.78, 5) is 25.6. The molecule has 0 fully saturated rings. The zero-order valence-corrected chi connectivity index (χ0v) is 14.2. The van der Waals surface area contributed by atoms with Gasteiger partial charge in [-0.1, -0.05) is 41.9 Å². The molecule has 0 heterocycles. The van der Waals surface area contributed by atoms with Gasteiger partial charge >= 0.3 is 5.97 Å². The Morgan fingerprint density at radius 1 is 1.12 bits per heavy atom. The van der Waals surface area contributed by atoms with E-state index in [1.165, 1.54) is 11.0 Å². The Bertz CT molecular complexity index is 743. The van der Waals surface area contributed by atoms with Crippen LogP contribution in [-0.2, 0) is 14.3 Å². The smallest absolute Gasteiger partial charge is 0.331 e. The average Bonchev–Trinajstić information content (AvgIpc) is 2.59.